The molecule has 0 saturated carbocycles. The van der Waals surface area contributed by atoms with Gasteiger partial charge in [-0.15, -0.1) is 0 Å². The quantitative estimate of drug-likeness (QED) is 0.737. The molecule has 0 aromatic heterocycles. The summed E-state index contributed by atoms with van der Waals surface area (Å²) in [7, 11) is -1.03. The molecule has 1 aromatic rings. The van der Waals surface area contributed by atoms with E-state index in [4.69, 9.17) is 5.11 Å². The normalized spacial score (nSPS) is 10.9. The third-order valence-electron chi connectivity index (χ3n) is 2.68. The Morgan fingerprint density at radius 2 is 2.05 bits per heavy atom. The SMILES string of the molecule is CNC(=O)CN(C)S(=O)(=O)c1ccccc1C#CCCO. The number of aliphatic hydroxyl groups is 1. The molecule has 0 saturated heterocycles. The summed E-state index contributed by atoms with van der Waals surface area (Å²) in [6.45, 7) is -0.351. The number of benzene rings is 1. The van der Waals surface area contributed by atoms with Gasteiger partial charge in [-0.2, -0.15) is 4.31 Å². The fourth-order valence-electron chi connectivity index (χ4n) is 1.54. The van der Waals surface area contributed by atoms with Crippen LogP contribution in [-0.4, -0.2) is 51.0 Å². The molecule has 7 heteroatoms. The first-order valence-corrected chi connectivity index (χ1v) is 7.73. The fourth-order valence-corrected chi connectivity index (χ4v) is 2.81. The molecule has 1 amide bonds. The van der Waals surface area contributed by atoms with Crippen LogP contribution in [-0.2, 0) is 14.8 Å². The van der Waals surface area contributed by atoms with Crippen LogP contribution in [0.5, 0.6) is 0 Å². The molecular formula is C14H18N2O4S. The molecule has 0 aliphatic heterocycles. The Morgan fingerprint density at radius 3 is 2.67 bits per heavy atom. The molecule has 6 nitrogen and oxygen atoms in total. The van der Waals surface area contributed by atoms with Crippen molar-refractivity contribution in [2.75, 3.05) is 27.2 Å². The second-order valence-electron chi connectivity index (χ2n) is 4.21. The van der Waals surface area contributed by atoms with Gasteiger partial charge in [0, 0.05) is 26.1 Å². The second kappa shape index (κ2) is 7.78. The Balaban J connectivity index is 3.14. The molecule has 0 atom stereocenters. The number of carbonyl (C=O) groups excluding carboxylic acids is 1. The molecule has 114 valence electrons. The van der Waals surface area contributed by atoms with Crippen molar-refractivity contribution in [2.24, 2.45) is 0 Å². The van der Waals surface area contributed by atoms with Gasteiger partial charge in [-0.1, -0.05) is 24.0 Å². The number of likely N-dealkylation sites (N-methyl/N-ethyl adjacent to an activating group) is 2. The van der Waals surface area contributed by atoms with Crippen molar-refractivity contribution in [1.29, 1.82) is 0 Å². The molecule has 2 N–H and O–H groups in total. The van der Waals surface area contributed by atoms with Crippen molar-refractivity contribution < 1.29 is 18.3 Å². The number of sulfonamides is 1. The summed E-state index contributed by atoms with van der Waals surface area (Å²) in [5, 5.41) is 11.1. The highest BCUT2D eigenvalue weighted by Crippen LogP contribution is 2.18. The predicted octanol–water partition coefficient (Wildman–Crippen LogP) is -0.213. The van der Waals surface area contributed by atoms with Crippen molar-refractivity contribution in [1.82, 2.24) is 9.62 Å². The van der Waals surface area contributed by atoms with Gasteiger partial charge in [-0.3, -0.25) is 4.79 Å². The van der Waals surface area contributed by atoms with Gasteiger partial charge in [-0.05, 0) is 12.1 Å². The Hall–Kier alpha value is -1.88. The highest BCUT2D eigenvalue weighted by molar-refractivity contribution is 7.89. The average molecular weight is 310 g/mol. The number of rotatable bonds is 5. The first kappa shape index (κ1) is 17.2. The van der Waals surface area contributed by atoms with Gasteiger partial charge >= 0.3 is 0 Å². The number of hydrogen-bond acceptors (Lipinski definition) is 4. The Labute approximate surface area is 124 Å². The van der Waals surface area contributed by atoms with E-state index in [1.165, 1.54) is 20.2 Å². The zero-order chi connectivity index (χ0) is 15.9. The molecule has 21 heavy (non-hydrogen) atoms. The number of nitrogens with one attached hydrogen (secondary N) is 1. The summed E-state index contributed by atoms with van der Waals surface area (Å²) in [6.07, 6.45) is 0.266. The predicted molar refractivity (Wildman–Crippen MR) is 78.9 cm³/mol. The van der Waals surface area contributed by atoms with E-state index in [1.54, 1.807) is 18.2 Å². The molecule has 0 unspecified atom stereocenters. The van der Waals surface area contributed by atoms with Gasteiger partial charge in [0.1, 0.15) is 0 Å². The minimum atomic E-state index is -3.80. The summed E-state index contributed by atoms with van der Waals surface area (Å²) >= 11 is 0. The zero-order valence-electron chi connectivity index (χ0n) is 12.0. The third-order valence-corrected chi connectivity index (χ3v) is 4.54. The Kier molecular flexibility index (Phi) is 6.37. The summed E-state index contributed by atoms with van der Waals surface area (Å²) in [6, 6.07) is 6.31. The molecule has 1 rings (SSSR count). The van der Waals surface area contributed by atoms with Gasteiger partial charge in [0.05, 0.1) is 18.0 Å². The number of aliphatic hydroxyl groups excluding tert-OH is 1. The number of amides is 1. The summed E-state index contributed by atoms with van der Waals surface area (Å²) in [5.74, 6) is 5.02. The highest BCUT2D eigenvalue weighted by Gasteiger charge is 2.24. The minimum absolute atomic E-state index is 0.0434. The average Bonchev–Trinajstić information content (AvgIpc) is 2.47. The van der Waals surface area contributed by atoms with E-state index in [0.717, 1.165) is 4.31 Å². The molecule has 0 heterocycles. The summed E-state index contributed by atoms with van der Waals surface area (Å²) in [4.78, 5) is 11.4. The topological polar surface area (TPSA) is 86.7 Å². The van der Waals surface area contributed by atoms with Crippen LogP contribution in [0.3, 0.4) is 0 Å². The van der Waals surface area contributed by atoms with Crippen LogP contribution in [0.2, 0.25) is 0 Å². The van der Waals surface area contributed by atoms with Gasteiger partial charge in [-0.25, -0.2) is 8.42 Å². The molecule has 0 spiro atoms. The fraction of sp³-hybridized carbons (Fsp3) is 0.357. The van der Waals surface area contributed by atoms with Gasteiger partial charge < -0.3 is 10.4 Å². The zero-order valence-corrected chi connectivity index (χ0v) is 12.8. The van der Waals surface area contributed by atoms with Crippen molar-refractivity contribution in [3.63, 3.8) is 0 Å². The first-order valence-electron chi connectivity index (χ1n) is 6.29. The highest BCUT2D eigenvalue weighted by atomic mass is 32.2. The second-order valence-corrected chi connectivity index (χ2v) is 6.22. The van der Waals surface area contributed by atoms with E-state index in [9.17, 15) is 13.2 Å². The minimum Gasteiger partial charge on any atom is -0.395 e. The lowest BCUT2D eigenvalue weighted by atomic mass is 10.2. The Morgan fingerprint density at radius 1 is 1.38 bits per heavy atom. The van der Waals surface area contributed by atoms with Gasteiger partial charge in [0.25, 0.3) is 0 Å². The third kappa shape index (κ3) is 4.56. The largest absolute Gasteiger partial charge is 0.395 e. The molecule has 0 radical (unpaired) electrons. The molecular weight excluding hydrogens is 292 g/mol. The van der Waals surface area contributed by atoms with Crippen LogP contribution in [0.15, 0.2) is 29.2 Å². The van der Waals surface area contributed by atoms with Crippen molar-refractivity contribution in [3.05, 3.63) is 29.8 Å². The van der Waals surface area contributed by atoms with Crippen LogP contribution in [0, 0.1) is 11.8 Å². The molecule has 1 aromatic carbocycles. The van der Waals surface area contributed by atoms with Crippen LogP contribution in [0.4, 0.5) is 0 Å². The number of carbonyl (C=O) groups is 1. The lowest BCUT2D eigenvalue weighted by Gasteiger charge is -2.17. The van der Waals surface area contributed by atoms with E-state index >= 15 is 0 Å². The van der Waals surface area contributed by atoms with E-state index in [0.29, 0.717) is 5.56 Å². The van der Waals surface area contributed by atoms with Gasteiger partial charge in [0.2, 0.25) is 15.9 Å². The summed E-state index contributed by atoms with van der Waals surface area (Å²) < 4.78 is 25.9. The van der Waals surface area contributed by atoms with Gasteiger partial charge in [0.15, 0.2) is 0 Å². The Bertz CT molecular complexity index is 659. The number of nitrogens with zero attached hydrogens (tertiary/aromatic N) is 1. The lowest BCUT2D eigenvalue weighted by Crippen LogP contribution is -2.37. The van der Waals surface area contributed by atoms with Crippen molar-refractivity contribution in [3.8, 4) is 11.8 Å². The van der Waals surface area contributed by atoms with Crippen molar-refractivity contribution >= 4 is 15.9 Å². The van der Waals surface area contributed by atoms with E-state index in [2.05, 4.69) is 17.2 Å². The van der Waals surface area contributed by atoms with E-state index in [1.807, 2.05) is 0 Å². The molecule has 0 bridgehead atoms. The smallest absolute Gasteiger partial charge is 0.244 e. The maximum Gasteiger partial charge on any atom is 0.244 e. The van der Waals surface area contributed by atoms with Crippen LogP contribution in [0.25, 0.3) is 0 Å². The monoisotopic (exact) mass is 310 g/mol. The maximum atomic E-state index is 12.5. The summed E-state index contributed by atoms with van der Waals surface area (Å²) in [5.41, 5.74) is 0.342. The number of hydrogen-bond donors (Lipinski definition) is 2. The van der Waals surface area contributed by atoms with E-state index < -0.39 is 15.9 Å². The lowest BCUT2D eigenvalue weighted by molar-refractivity contribution is -0.120. The molecule has 0 fully saturated rings. The van der Waals surface area contributed by atoms with Crippen LogP contribution in [0.1, 0.15) is 12.0 Å². The first-order chi connectivity index (χ1) is 9.93. The van der Waals surface area contributed by atoms with E-state index in [-0.39, 0.29) is 24.5 Å². The maximum absolute atomic E-state index is 12.5. The van der Waals surface area contributed by atoms with Crippen LogP contribution >= 0.6 is 0 Å². The molecule has 0 aliphatic rings. The van der Waals surface area contributed by atoms with Crippen LogP contribution < -0.4 is 5.32 Å². The molecule has 0 aliphatic carbocycles. The van der Waals surface area contributed by atoms with Crippen molar-refractivity contribution in [2.45, 2.75) is 11.3 Å². The standard InChI is InChI=1S/C14H18N2O4S/c1-15-14(18)11-16(2)21(19,20)13-9-4-3-7-12(13)8-5-6-10-17/h3-4,7,9,17H,6,10-11H2,1-2H3,(H,15,18).